The zero-order chi connectivity index (χ0) is 12.8. The standard InChI is InChI=1S/C16H28N2O/c17-15-8-18(1-2-19-10-15)9-16-13-4-11-3-12(6-13)7-14(16)5-11/h11-16H,1-10,17H2. The summed E-state index contributed by atoms with van der Waals surface area (Å²) < 4.78 is 5.58. The summed E-state index contributed by atoms with van der Waals surface area (Å²) in [7, 11) is 0. The van der Waals surface area contributed by atoms with E-state index in [4.69, 9.17) is 10.5 Å². The number of rotatable bonds is 2. The lowest BCUT2D eigenvalue weighted by atomic mass is 9.52. The Morgan fingerprint density at radius 2 is 1.68 bits per heavy atom. The minimum Gasteiger partial charge on any atom is -0.378 e. The van der Waals surface area contributed by atoms with Gasteiger partial charge in [-0.2, -0.15) is 0 Å². The fourth-order valence-electron chi connectivity index (χ4n) is 5.70. The Balaban J connectivity index is 1.42. The minimum absolute atomic E-state index is 0.222. The second-order valence-corrected chi connectivity index (χ2v) is 7.69. The second-order valence-electron chi connectivity index (χ2n) is 7.69. The van der Waals surface area contributed by atoms with E-state index in [9.17, 15) is 0 Å². The van der Waals surface area contributed by atoms with Crippen molar-refractivity contribution in [2.75, 3.05) is 32.8 Å². The van der Waals surface area contributed by atoms with Crippen LogP contribution in [-0.2, 0) is 4.74 Å². The van der Waals surface area contributed by atoms with E-state index >= 15 is 0 Å². The molecule has 2 N–H and O–H groups in total. The summed E-state index contributed by atoms with van der Waals surface area (Å²) in [5.74, 6) is 5.23. The Hall–Kier alpha value is -0.120. The summed E-state index contributed by atoms with van der Waals surface area (Å²) in [6.07, 6.45) is 7.70. The molecule has 4 bridgehead atoms. The van der Waals surface area contributed by atoms with Gasteiger partial charge in [0.2, 0.25) is 0 Å². The van der Waals surface area contributed by atoms with Crippen LogP contribution in [0.1, 0.15) is 32.1 Å². The Kier molecular flexibility index (Phi) is 3.33. The van der Waals surface area contributed by atoms with Crippen LogP contribution >= 0.6 is 0 Å². The predicted molar refractivity (Wildman–Crippen MR) is 75.8 cm³/mol. The average molecular weight is 264 g/mol. The summed E-state index contributed by atoms with van der Waals surface area (Å²) in [5.41, 5.74) is 6.11. The van der Waals surface area contributed by atoms with Crippen LogP contribution < -0.4 is 5.73 Å². The maximum Gasteiger partial charge on any atom is 0.0630 e. The van der Waals surface area contributed by atoms with E-state index in [1.807, 2.05) is 0 Å². The van der Waals surface area contributed by atoms with Gasteiger partial charge >= 0.3 is 0 Å². The number of nitrogens with zero attached hydrogens (tertiary/aromatic N) is 1. The van der Waals surface area contributed by atoms with Gasteiger partial charge in [-0.05, 0) is 61.7 Å². The molecule has 0 aromatic carbocycles. The predicted octanol–water partition coefficient (Wildman–Crippen LogP) is 1.72. The first kappa shape index (κ1) is 12.6. The molecular formula is C16H28N2O. The summed E-state index contributed by atoms with van der Waals surface area (Å²) in [6.45, 7) is 5.06. The van der Waals surface area contributed by atoms with Crippen LogP contribution in [0.25, 0.3) is 0 Å². The number of hydrogen-bond acceptors (Lipinski definition) is 3. The van der Waals surface area contributed by atoms with Crippen LogP contribution in [0, 0.1) is 29.6 Å². The monoisotopic (exact) mass is 264 g/mol. The second kappa shape index (κ2) is 5.01. The van der Waals surface area contributed by atoms with Crippen molar-refractivity contribution in [3.8, 4) is 0 Å². The average Bonchev–Trinajstić information content (AvgIpc) is 2.57. The molecule has 0 aromatic rings. The minimum atomic E-state index is 0.222. The summed E-state index contributed by atoms with van der Waals surface area (Å²) in [6, 6.07) is 0.222. The van der Waals surface area contributed by atoms with Crippen molar-refractivity contribution >= 4 is 0 Å². The number of hydrogen-bond donors (Lipinski definition) is 1. The van der Waals surface area contributed by atoms with Crippen molar-refractivity contribution in [2.24, 2.45) is 35.3 Å². The van der Waals surface area contributed by atoms with Gasteiger partial charge < -0.3 is 10.5 Å². The van der Waals surface area contributed by atoms with Gasteiger partial charge in [0.25, 0.3) is 0 Å². The first-order chi connectivity index (χ1) is 9.28. The third-order valence-corrected chi connectivity index (χ3v) is 6.27. The molecule has 0 radical (unpaired) electrons. The van der Waals surface area contributed by atoms with Crippen molar-refractivity contribution in [2.45, 2.75) is 38.1 Å². The molecule has 1 unspecified atom stereocenters. The molecule has 3 nitrogen and oxygen atoms in total. The highest BCUT2D eigenvalue weighted by Gasteiger charge is 2.48. The molecular weight excluding hydrogens is 236 g/mol. The zero-order valence-electron chi connectivity index (χ0n) is 12.0. The van der Waals surface area contributed by atoms with Gasteiger partial charge in [-0.15, -0.1) is 0 Å². The highest BCUT2D eigenvalue weighted by atomic mass is 16.5. The van der Waals surface area contributed by atoms with Gasteiger partial charge in [0, 0.05) is 25.7 Å². The SMILES string of the molecule is NC1COCCN(CC2C3CC4CC(C3)CC2C4)C1. The van der Waals surface area contributed by atoms with E-state index in [2.05, 4.69) is 4.90 Å². The normalized spacial score (nSPS) is 50.4. The molecule has 0 spiro atoms. The van der Waals surface area contributed by atoms with E-state index in [0.717, 1.165) is 55.9 Å². The quantitative estimate of drug-likeness (QED) is 0.825. The largest absolute Gasteiger partial charge is 0.378 e. The van der Waals surface area contributed by atoms with Crippen LogP contribution in [0.3, 0.4) is 0 Å². The fraction of sp³-hybridized carbons (Fsp3) is 1.00. The van der Waals surface area contributed by atoms with Crippen molar-refractivity contribution in [1.82, 2.24) is 4.90 Å². The molecule has 5 aliphatic rings. The topological polar surface area (TPSA) is 38.5 Å². The molecule has 5 rings (SSSR count). The highest BCUT2D eigenvalue weighted by Crippen LogP contribution is 2.56. The van der Waals surface area contributed by atoms with Crippen LogP contribution in [0.5, 0.6) is 0 Å². The lowest BCUT2D eigenvalue weighted by molar-refractivity contribution is -0.0492. The molecule has 4 saturated carbocycles. The molecule has 108 valence electrons. The van der Waals surface area contributed by atoms with Crippen molar-refractivity contribution in [3.05, 3.63) is 0 Å². The Labute approximate surface area is 116 Å². The third-order valence-electron chi connectivity index (χ3n) is 6.27. The summed E-state index contributed by atoms with van der Waals surface area (Å²) in [5, 5.41) is 0. The zero-order valence-corrected chi connectivity index (χ0v) is 12.0. The fourth-order valence-corrected chi connectivity index (χ4v) is 5.70. The molecule has 19 heavy (non-hydrogen) atoms. The molecule has 1 heterocycles. The first-order valence-electron chi connectivity index (χ1n) is 8.33. The molecule has 1 aliphatic heterocycles. The summed E-state index contributed by atoms with van der Waals surface area (Å²) in [4.78, 5) is 2.60. The van der Waals surface area contributed by atoms with E-state index in [-0.39, 0.29) is 6.04 Å². The number of ether oxygens (including phenoxy) is 1. The molecule has 3 heteroatoms. The molecule has 1 saturated heterocycles. The van der Waals surface area contributed by atoms with Gasteiger partial charge in [-0.25, -0.2) is 0 Å². The maximum atomic E-state index is 6.11. The van der Waals surface area contributed by atoms with Gasteiger partial charge in [0.05, 0.1) is 13.2 Å². The van der Waals surface area contributed by atoms with Gasteiger partial charge in [0.1, 0.15) is 0 Å². The van der Waals surface area contributed by atoms with E-state index < -0.39 is 0 Å². The third kappa shape index (κ3) is 2.45. The maximum absolute atomic E-state index is 6.11. The van der Waals surface area contributed by atoms with E-state index in [1.165, 1.54) is 32.2 Å². The van der Waals surface area contributed by atoms with Crippen LogP contribution in [-0.4, -0.2) is 43.8 Å². The van der Waals surface area contributed by atoms with E-state index in [1.54, 1.807) is 6.42 Å². The van der Waals surface area contributed by atoms with Crippen LogP contribution in [0.4, 0.5) is 0 Å². The van der Waals surface area contributed by atoms with Gasteiger partial charge in [-0.3, -0.25) is 4.90 Å². The summed E-state index contributed by atoms with van der Waals surface area (Å²) >= 11 is 0. The van der Waals surface area contributed by atoms with E-state index in [0.29, 0.717) is 0 Å². The molecule has 5 fully saturated rings. The van der Waals surface area contributed by atoms with Crippen molar-refractivity contribution in [1.29, 1.82) is 0 Å². The first-order valence-corrected chi connectivity index (χ1v) is 8.33. The molecule has 0 amide bonds. The molecule has 0 aromatic heterocycles. The van der Waals surface area contributed by atoms with Crippen LogP contribution in [0.15, 0.2) is 0 Å². The van der Waals surface area contributed by atoms with Crippen LogP contribution in [0.2, 0.25) is 0 Å². The lowest BCUT2D eigenvalue weighted by Crippen LogP contribution is -2.50. The van der Waals surface area contributed by atoms with Crippen molar-refractivity contribution < 1.29 is 4.74 Å². The highest BCUT2D eigenvalue weighted by molar-refractivity contribution is 4.99. The Bertz CT molecular complexity index is 305. The smallest absolute Gasteiger partial charge is 0.0630 e. The Morgan fingerprint density at radius 3 is 2.37 bits per heavy atom. The molecule has 1 atom stereocenters. The van der Waals surface area contributed by atoms with Gasteiger partial charge in [0.15, 0.2) is 0 Å². The van der Waals surface area contributed by atoms with Gasteiger partial charge in [-0.1, -0.05) is 0 Å². The number of nitrogens with two attached hydrogens (primary N) is 1. The van der Waals surface area contributed by atoms with Crippen molar-refractivity contribution in [3.63, 3.8) is 0 Å². The Morgan fingerprint density at radius 1 is 1.00 bits per heavy atom. The molecule has 4 aliphatic carbocycles. The lowest BCUT2D eigenvalue weighted by Gasteiger charge is -2.55.